The summed E-state index contributed by atoms with van der Waals surface area (Å²) in [6.45, 7) is 10.7. The molecule has 0 amide bonds. The Kier molecular flexibility index (Phi) is 5.12. The lowest BCUT2D eigenvalue weighted by molar-refractivity contribution is 0.386. The van der Waals surface area contributed by atoms with Gasteiger partial charge in [-0.15, -0.1) is 11.8 Å². The van der Waals surface area contributed by atoms with Crippen LogP contribution in [0.15, 0.2) is 49.3 Å². The molecular weight excluding hydrogens is 150 g/mol. The van der Waals surface area contributed by atoms with Crippen LogP contribution < -0.4 is 0 Å². The van der Waals surface area contributed by atoms with Crippen LogP contribution in [0.4, 0.5) is 0 Å². The van der Waals surface area contributed by atoms with Crippen molar-refractivity contribution >= 4 is 0 Å². The van der Waals surface area contributed by atoms with Gasteiger partial charge in [-0.2, -0.15) is 0 Å². The second-order valence-corrected chi connectivity index (χ2v) is 2.04. The zero-order valence-corrected chi connectivity index (χ0v) is 6.92. The fourth-order valence-corrected chi connectivity index (χ4v) is 0.693. The first-order chi connectivity index (χ1) is 5.76. The van der Waals surface area contributed by atoms with E-state index in [1.807, 2.05) is 0 Å². The number of allylic oxidation sites excluding steroid dienone is 4. The normalized spacial score (nSPS) is 9.75. The van der Waals surface area contributed by atoms with E-state index in [1.165, 1.54) is 0 Å². The lowest BCUT2D eigenvalue weighted by Gasteiger charge is -2.02. The zero-order valence-electron chi connectivity index (χ0n) is 6.92. The van der Waals surface area contributed by atoms with Crippen molar-refractivity contribution in [1.82, 2.24) is 0 Å². The third kappa shape index (κ3) is 3.43. The molecule has 0 heterocycles. The van der Waals surface area contributed by atoms with Gasteiger partial charge < -0.3 is 4.74 Å². The highest BCUT2D eigenvalue weighted by molar-refractivity contribution is 5.29. The van der Waals surface area contributed by atoms with Crippen molar-refractivity contribution in [3.05, 3.63) is 49.3 Å². The van der Waals surface area contributed by atoms with Gasteiger partial charge in [0.05, 0.1) is 0 Å². The molecule has 0 aromatic heterocycles. The van der Waals surface area contributed by atoms with Gasteiger partial charge in [-0.25, -0.2) is 0 Å². The van der Waals surface area contributed by atoms with Crippen LogP contribution in [-0.4, -0.2) is 0 Å². The minimum Gasteiger partial charge on any atom is -0.388 e. The third-order valence-electron chi connectivity index (χ3n) is 1.21. The van der Waals surface area contributed by atoms with Gasteiger partial charge in [0.2, 0.25) is 0 Å². The van der Waals surface area contributed by atoms with E-state index in [-0.39, 0.29) is 0 Å². The average molecular weight is 161 g/mol. The van der Waals surface area contributed by atoms with Gasteiger partial charge in [0, 0.05) is 0 Å². The van der Waals surface area contributed by atoms with E-state index in [9.17, 15) is 0 Å². The predicted octanol–water partition coefficient (Wildman–Crippen LogP) is 2.69. The summed E-state index contributed by atoms with van der Waals surface area (Å²) in [5.74, 6) is 0.345. The molecule has 0 saturated heterocycles. The molecule has 62 valence electrons. The largest absolute Gasteiger partial charge is 0.388 e. The summed E-state index contributed by atoms with van der Waals surface area (Å²) in [7, 11) is 0. The van der Waals surface area contributed by atoms with Crippen molar-refractivity contribution < 1.29 is 4.74 Å². The minimum absolute atomic E-state index is 0.345. The maximum absolute atomic E-state index is 8.21. The minimum atomic E-state index is 0.345. The summed E-state index contributed by atoms with van der Waals surface area (Å²) >= 11 is 0. The second-order valence-electron chi connectivity index (χ2n) is 2.04. The van der Waals surface area contributed by atoms with Crippen molar-refractivity contribution in [2.45, 2.75) is 6.42 Å². The molecule has 0 aromatic carbocycles. The molecule has 0 unspecified atom stereocenters. The van der Waals surface area contributed by atoms with Crippen molar-refractivity contribution in [3.8, 4) is 6.26 Å². The van der Waals surface area contributed by atoms with Crippen LogP contribution in [-0.2, 0) is 4.74 Å². The molecule has 0 radical (unpaired) electrons. The van der Waals surface area contributed by atoms with Crippen LogP contribution in [0, 0.1) is 11.5 Å². The third-order valence-corrected chi connectivity index (χ3v) is 1.21. The van der Waals surface area contributed by atoms with Crippen LogP contribution in [0.25, 0.3) is 0 Å². The Hall–Kier alpha value is -1.75. The molecule has 0 aliphatic rings. The van der Waals surface area contributed by atoms with Gasteiger partial charge in [0.1, 0.15) is 5.76 Å². The van der Waals surface area contributed by atoms with Gasteiger partial charge in [-0.3, -0.25) is 0 Å². The lowest BCUT2D eigenvalue weighted by Crippen LogP contribution is -1.88. The maximum Gasteiger partial charge on any atom is 0.292 e. The molecule has 2 heteroatoms. The van der Waals surface area contributed by atoms with E-state index in [1.54, 1.807) is 24.5 Å². The Morgan fingerprint density at radius 3 is 2.58 bits per heavy atom. The molecule has 0 fully saturated rings. The predicted molar refractivity (Wildman–Crippen MR) is 48.9 cm³/mol. The van der Waals surface area contributed by atoms with Gasteiger partial charge in [-0.1, -0.05) is 31.4 Å². The van der Waals surface area contributed by atoms with Gasteiger partial charge in [0.15, 0.2) is 0 Å². The first kappa shape index (κ1) is 10.2. The van der Waals surface area contributed by atoms with E-state index in [4.69, 9.17) is 5.26 Å². The molecule has 0 saturated carbocycles. The van der Waals surface area contributed by atoms with E-state index < -0.39 is 0 Å². The fraction of sp³-hybridized carbons (Fsp3) is 0.100. The quantitative estimate of drug-likeness (QED) is 0.269. The van der Waals surface area contributed by atoms with Crippen molar-refractivity contribution in [2.24, 2.45) is 0 Å². The summed E-state index contributed by atoms with van der Waals surface area (Å²) in [5, 5.41) is 8.21. The Bertz CT molecular complexity index is 256. The Morgan fingerprint density at radius 1 is 1.50 bits per heavy atom. The lowest BCUT2D eigenvalue weighted by atomic mass is 10.1. The molecular formula is C10H11NO. The van der Waals surface area contributed by atoms with Crippen molar-refractivity contribution in [1.29, 1.82) is 5.26 Å². The second kappa shape index (κ2) is 5.99. The number of hydrogen-bond acceptors (Lipinski definition) is 2. The highest BCUT2D eigenvalue weighted by atomic mass is 16.5. The smallest absolute Gasteiger partial charge is 0.292 e. The molecule has 0 N–H and O–H groups in total. The molecule has 2 nitrogen and oxygen atoms in total. The number of hydrogen-bond donors (Lipinski definition) is 0. The maximum atomic E-state index is 8.21. The van der Waals surface area contributed by atoms with Crippen LogP contribution in [0.3, 0.4) is 0 Å². The van der Waals surface area contributed by atoms with E-state index in [0.29, 0.717) is 12.2 Å². The summed E-state index contributed by atoms with van der Waals surface area (Å²) in [5.41, 5.74) is 0.807. The molecule has 0 rings (SSSR count). The Balaban J connectivity index is 4.41. The topological polar surface area (TPSA) is 33.0 Å². The fourth-order valence-electron chi connectivity index (χ4n) is 0.693. The summed E-state index contributed by atoms with van der Waals surface area (Å²) < 4.78 is 4.56. The highest BCUT2D eigenvalue weighted by Gasteiger charge is 2.00. The number of nitrogens with zero attached hydrogens (tertiary/aromatic N) is 1. The molecule has 0 bridgehead atoms. The summed E-state index contributed by atoms with van der Waals surface area (Å²) in [6, 6.07) is 0. The number of rotatable bonds is 5. The molecule has 12 heavy (non-hydrogen) atoms. The first-order valence-electron chi connectivity index (χ1n) is 3.44. The van der Waals surface area contributed by atoms with E-state index in [0.717, 1.165) is 5.57 Å². The van der Waals surface area contributed by atoms with Gasteiger partial charge >= 0.3 is 0 Å². The van der Waals surface area contributed by atoms with Crippen LogP contribution in [0.5, 0.6) is 0 Å². The Morgan fingerprint density at radius 2 is 2.17 bits per heavy atom. The SMILES string of the molecule is C=C/C=C(/CC=C)C(=C)OC#N. The van der Waals surface area contributed by atoms with Crippen molar-refractivity contribution in [2.75, 3.05) is 0 Å². The summed E-state index contributed by atoms with van der Waals surface area (Å²) in [6.07, 6.45) is 7.24. The Labute approximate surface area is 72.8 Å². The van der Waals surface area contributed by atoms with Crippen LogP contribution in [0.2, 0.25) is 0 Å². The number of ether oxygens (including phenoxy) is 1. The zero-order chi connectivity index (χ0) is 9.40. The summed E-state index contributed by atoms with van der Waals surface area (Å²) in [4.78, 5) is 0. The molecule has 0 aliphatic carbocycles. The van der Waals surface area contributed by atoms with E-state index in [2.05, 4.69) is 24.5 Å². The molecule has 0 spiro atoms. The monoisotopic (exact) mass is 161 g/mol. The molecule has 0 aromatic rings. The van der Waals surface area contributed by atoms with Crippen molar-refractivity contribution in [3.63, 3.8) is 0 Å². The first-order valence-corrected chi connectivity index (χ1v) is 3.44. The molecule has 0 atom stereocenters. The molecule has 0 aliphatic heterocycles. The number of nitriles is 1. The highest BCUT2D eigenvalue weighted by Crippen LogP contribution is 2.13. The average Bonchev–Trinajstić information content (AvgIpc) is 2.04. The van der Waals surface area contributed by atoms with Gasteiger partial charge in [-0.05, 0) is 12.0 Å². The standard InChI is InChI=1S/C10H11NO/c1-4-6-10(7-5-2)9(3)12-8-11/h4-6H,1-3,7H2/b10-6-. The van der Waals surface area contributed by atoms with E-state index >= 15 is 0 Å². The van der Waals surface area contributed by atoms with Crippen LogP contribution >= 0.6 is 0 Å². The van der Waals surface area contributed by atoms with Crippen LogP contribution in [0.1, 0.15) is 6.42 Å². The van der Waals surface area contributed by atoms with Gasteiger partial charge in [0.25, 0.3) is 6.26 Å².